The summed E-state index contributed by atoms with van der Waals surface area (Å²) in [6.45, 7) is 4.00. The van der Waals surface area contributed by atoms with Crippen LogP contribution in [0.4, 0.5) is 0 Å². The first-order valence-electron chi connectivity index (χ1n) is 8.57. The lowest BCUT2D eigenvalue weighted by Crippen LogP contribution is -2.50. The number of carbonyl (C=O) groups is 1. The van der Waals surface area contributed by atoms with Crippen molar-refractivity contribution >= 4 is 27.5 Å². The van der Waals surface area contributed by atoms with Gasteiger partial charge in [0.1, 0.15) is 5.75 Å². The van der Waals surface area contributed by atoms with E-state index in [4.69, 9.17) is 9.47 Å². The van der Waals surface area contributed by atoms with Crippen molar-refractivity contribution in [1.29, 1.82) is 0 Å². The van der Waals surface area contributed by atoms with Gasteiger partial charge in [0.2, 0.25) is 0 Å². The average molecular weight is 392 g/mol. The summed E-state index contributed by atoms with van der Waals surface area (Å²) in [5.74, 6) is 0.610. The van der Waals surface area contributed by atoms with Crippen LogP contribution in [0.3, 0.4) is 0 Å². The zero-order valence-corrected chi connectivity index (χ0v) is 15.5. The molecule has 0 atom stereocenters. The summed E-state index contributed by atoms with van der Waals surface area (Å²) in [4.78, 5) is 15.2. The first-order valence-corrected chi connectivity index (χ1v) is 9.36. The predicted molar refractivity (Wildman–Crippen MR) is 96.1 cm³/mol. The number of halogens is 1. The maximum atomic E-state index is 12.7. The number of hydrogen-bond donors (Lipinski definition) is 0. The minimum absolute atomic E-state index is 0.193. The summed E-state index contributed by atoms with van der Waals surface area (Å²) < 4.78 is 12.0. The Morgan fingerprint density at radius 1 is 1.25 bits per heavy atom. The first kappa shape index (κ1) is 16.2. The Balaban J connectivity index is 1.47. The lowest BCUT2D eigenvalue weighted by Gasteiger charge is -2.47. The zero-order chi connectivity index (χ0) is 16.7. The van der Waals surface area contributed by atoms with Crippen molar-refractivity contribution in [2.75, 3.05) is 33.4 Å². The molecular weight excluding hydrogens is 370 g/mol. The number of ether oxygens (including phenoxy) is 2. The summed E-state index contributed by atoms with van der Waals surface area (Å²) in [5.41, 5.74) is 2.96. The van der Waals surface area contributed by atoms with Gasteiger partial charge >= 0.3 is 5.97 Å². The van der Waals surface area contributed by atoms with Crippen molar-refractivity contribution in [3.63, 3.8) is 0 Å². The van der Waals surface area contributed by atoms with Crippen LogP contribution in [0.1, 0.15) is 30.4 Å². The molecule has 4 nitrogen and oxygen atoms in total. The van der Waals surface area contributed by atoms with Crippen molar-refractivity contribution in [3.8, 4) is 5.75 Å². The molecule has 3 fully saturated rings. The normalized spacial score (nSPS) is 27.6. The maximum absolute atomic E-state index is 12.7. The molecule has 0 radical (unpaired) electrons. The number of nitrogens with zero attached hydrogens (tertiary/aromatic N) is 1. The quantitative estimate of drug-likeness (QED) is 0.737. The first-order chi connectivity index (χ1) is 11.6. The van der Waals surface area contributed by atoms with Crippen LogP contribution < -0.4 is 4.74 Å². The molecule has 0 aromatic heterocycles. The van der Waals surface area contributed by atoms with Gasteiger partial charge in [0.25, 0.3) is 0 Å². The number of rotatable bonds is 4. The Morgan fingerprint density at radius 3 is 2.62 bits per heavy atom. The van der Waals surface area contributed by atoms with Gasteiger partial charge in [0.15, 0.2) is 0 Å². The van der Waals surface area contributed by atoms with Crippen LogP contribution in [-0.2, 0) is 16.0 Å². The van der Waals surface area contributed by atoms with Gasteiger partial charge in [-0.3, -0.25) is 0 Å². The molecule has 24 heavy (non-hydrogen) atoms. The van der Waals surface area contributed by atoms with Crippen LogP contribution in [0.2, 0.25) is 0 Å². The van der Waals surface area contributed by atoms with E-state index in [0.29, 0.717) is 12.2 Å². The molecular formula is C19H22BrNO3. The molecule has 3 aliphatic heterocycles. The molecule has 0 amide bonds. The number of methoxy groups -OCH3 is 1. The van der Waals surface area contributed by atoms with E-state index in [1.165, 1.54) is 0 Å². The summed E-state index contributed by atoms with van der Waals surface area (Å²) in [6.07, 6.45) is 6.17. The van der Waals surface area contributed by atoms with E-state index in [0.717, 1.165) is 66.7 Å². The molecule has 4 aliphatic rings. The molecule has 128 valence electrons. The largest absolute Gasteiger partial charge is 0.497 e. The number of esters is 1. The van der Waals surface area contributed by atoms with Crippen molar-refractivity contribution in [3.05, 3.63) is 33.8 Å². The highest BCUT2D eigenvalue weighted by Crippen LogP contribution is 2.41. The van der Waals surface area contributed by atoms with Crippen LogP contribution in [-0.4, -0.2) is 44.2 Å². The lowest BCUT2D eigenvalue weighted by molar-refractivity contribution is -0.143. The van der Waals surface area contributed by atoms with E-state index < -0.39 is 0 Å². The molecule has 1 aliphatic carbocycles. The summed E-state index contributed by atoms with van der Waals surface area (Å²) in [7, 11) is 1.65. The number of allylic oxidation sites excluding steroid dienone is 1. The monoisotopic (exact) mass is 391 g/mol. The third kappa shape index (κ3) is 2.78. The molecule has 3 saturated heterocycles. The zero-order valence-electron chi connectivity index (χ0n) is 13.9. The van der Waals surface area contributed by atoms with Crippen molar-refractivity contribution in [2.24, 2.45) is 5.41 Å². The Labute approximate surface area is 150 Å². The second-order valence-electron chi connectivity index (χ2n) is 7.13. The van der Waals surface area contributed by atoms with Crippen molar-refractivity contribution < 1.29 is 14.3 Å². The number of piperidine rings is 3. The van der Waals surface area contributed by atoms with Crippen molar-refractivity contribution in [2.45, 2.75) is 25.7 Å². The van der Waals surface area contributed by atoms with Crippen LogP contribution in [0.25, 0.3) is 5.57 Å². The smallest absolute Gasteiger partial charge is 0.338 e. The highest BCUT2D eigenvalue weighted by molar-refractivity contribution is 9.10. The predicted octanol–water partition coefficient (Wildman–Crippen LogP) is 3.43. The summed E-state index contributed by atoms with van der Waals surface area (Å²) in [5, 5.41) is 0. The van der Waals surface area contributed by atoms with Crippen molar-refractivity contribution in [1.82, 2.24) is 4.90 Å². The minimum Gasteiger partial charge on any atom is -0.497 e. The molecule has 1 aromatic rings. The Hall–Kier alpha value is -1.33. The SMILES string of the molecule is COc1cc(Br)c2c(c1)CC=C2C(=O)OCC12CCN(CC1)CC2. The van der Waals surface area contributed by atoms with Gasteiger partial charge in [0.05, 0.1) is 19.3 Å². The van der Waals surface area contributed by atoms with Crippen LogP contribution in [0.15, 0.2) is 22.7 Å². The van der Waals surface area contributed by atoms with Gasteiger partial charge in [0, 0.05) is 15.5 Å². The van der Waals surface area contributed by atoms with Crippen LogP contribution in [0.5, 0.6) is 5.75 Å². The average Bonchev–Trinajstić information content (AvgIpc) is 3.06. The van der Waals surface area contributed by atoms with Gasteiger partial charge in [-0.2, -0.15) is 0 Å². The molecule has 2 bridgehead atoms. The summed E-state index contributed by atoms with van der Waals surface area (Å²) in [6, 6.07) is 3.90. The molecule has 3 heterocycles. The Morgan fingerprint density at radius 2 is 1.96 bits per heavy atom. The van der Waals surface area contributed by atoms with E-state index in [1.807, 2.05) is 18.2 Å². The standard InChI is InChI=1S/C19H22BrNO3/c1-23-14-10-13-2-3-15(17(13)16(20)11-14)18(22)24-12-19-4-7-21(8-5-19)9-6-19/h3,10-11H,2,4-9,12H2,1H3. The maximum Gasteiger partial charge on any atom is 0.338 e. The fourth-order valence-corrected chi connectivity index (χ4v) is 4.82. The van der Waals surface area contributed by atoms with Gasteiger partial charge in [-0.25, -0.2) is 4.79 Å². The highest BCUT2D eigenvalue weighted by atomic mass is 79.9. The van der Waals surface area contributed by atoms with E-state index in [2.05, 4.69) is 20.8 Å². The van der Waals surface area contributed by atoms with Gasteiger partial charge < -0.3 is 14.4 Å². The minimum atomic E-state index is -0.193. The molecule has 5 rings (SSSR count). The number of carbonyl (C=O) groups excluding carboxylic acids is 1. The van der Waals surface area contributed by atoms with E-state index in [1.54, 1.807) is 7.11 Å². The molecule has 0 saturated carbocycles. The molecule has 0 unspecified atom stereocenters. The van der Waals surface area contributed by atoms with E-state index in [9.17, 15) is 4.79 Å². The topological polar surface area (TPSA) is 38.8 Å². The number of hydrogen-bond acceptors (Lipinski definition) is 4. The van der Waals surface area contributed by atoms with Crippen LogP contribution in [0, 0.1) is 5.41 Å². The third-order valence-electron chi connectivity index (χ3n) is 5.78. The Kier molecular flexibility index (Phi) is 4.17. The summed E-state index contributed by atoms with van der Waals surface area (Å²) >= 11 is 3.57. The Bertz CT molecular complexity index is 691. The molecule has 5 heteroatoms. The molecule has 0 spiro atoms. The molecule has 1 aromatic carbocycles. The lowest BCUT2D eigenvalue weighted by atomic mass is 9.73. The molecule has 0 N–H and O–H groups in total. The fraction of sp³-hybridized carbons (Fsp3) is 0.526. The second-order valence-corrected chi connectivity index (χ2v) is 7.99. The fourth-order valence-electron chi connectivity index (χ4n) is 4.13. The highest BCUT2D eigenvalue weighted by Gasteiger charge is 2.40. The number of benzene rings is 1. The third-order valence-corrected chi connectivity index (χ3v) is 6.41. The van der Waals surface area contributed by atoms with E-state index >= 15 is 0 Å². The van der Waals surface area contributed by atoms with Gasteiger partial charge in [-0.1, -0.05) is 22.0 Å². The number of fused-ring (bicyclic) bond motifs is 4. The van der Waals surface area contributed by atoms with Gasteiger partial charge in [-0.15, -0.1) is 0 Å². The second kappa shape index (κ2) is 6.19. The van der Waals surface area contributed by atoms with Gasteiger partial charge in [-0.05, 0) is 63.0 Å². The van der Waals surface area contributed by atoms with Crippen LogP contribution >= 0.6 is 15.9 Å². The van der Waals surface area contributed by atoms with E-state index in [-0.39, 0.29) is 11.4 Å².